The van der Waals surface area contributed by atoms with E-state index in [-0.39, 0.29) is 24.3 Å². The van der Waals surface area contributed by atoms with Crippen molar-refractivity contribution in [2.45, 2.75) is 32.4 Å². The lowest BCUT2D eigenvalue weighted by molar-refractivity contribution is -0.120. The van der Waals surface area contributed by atoms with E-state index in [4.69, 9.17) is 16.3 Å². The Labute approximate surface area is 199 Å². The summed E-state index contributed by atoms with van der Waals surface area (Å²) in [4.78, 5) is 24.4. The largest absolute Gasteiger partial charge is 0.497 e. The van der Waals surface area contributed by atoms with Crippen LogP contribution in [0.15, 0.2) is 72.8 Å². The van der Waals surface area contributed by atoms with E-state index in [0.717, 1.165) is 16.8 Å². The number of ether oxygens (including phenoxy) is 1. The molecule has 3 N–H and O–H groups in total. The number of rotatable bonds is 9. The van der Waals surface area contributed by atoms with Crippen LogP contribution in [-0.4, -0.2) is 18.9 Å². The van der Waals surface area contributed by atoms with Crippen LogP contribution in [0.1, 0.15) is 43.5 Å². The highest BCUT2D eigenvalue weighted by Crippen LogP contribution is 2.29. The number of nitrogens with one attached hydrogen (secondary N) is 3. The predicted molar refractivity (Wildman–Crippen MR) is 133 cm³/mol. The molecule has 0 aliphatic carbocycles. The average molecular weight is 466 g/mol. The molecule has 3 rings (SSSR count). The smallest absolute Gasteiger partial charge is 0.226 e. The molecule has 2 unspecified atom stereocenters. The van der Waals surface area contributed by atoms with E-state index >= 15 is 0 Å². The molecule has 0 saturated heterocycles. The van der Waals surface area contributed by atoms with E-state index in [2.05, 4.69) is 35.0 Å². The van der Waals surface area contributed by atoms with Crippen molar-refractivity contribution in [2.24, 2.45) is 0 Å². The van der Waals surface area contributed by atoms with E-state index in [1.54, 1.807) is 31.4 Å². The summed E-state index contributed by atoms with van der Waals surface area (Å²) in [5.74, 6) is 0.253. The van der Waals surface area contributed by atoms with Crippen LogP contribution in [-0.2, 0) is 9.59 Å². The zero-order valence-electron chi connectivity index (χ0n) is 18.9. The molecular formula is C26H28ClN3O3. The van der Waals surface area contributed by atoms with Crippen LogP contribution in [0.2, 0.25) is 5.02 Å². The van der Waals surface area contributed by atoms with Crippen LogP contribution < -0.4 is 20.7 Å². The number of carbonyl (C=O) groups is 2. The maximum absolute atomic E-state index is 12.7. The van der Waals surface area contributed by atoms with Crippen molar-refractivity contribution in [1.29, 1.82) is 0 Å². The number of benzene rings is 3. The number of hydrogen-bond acceptors (Lipinski definition) is 4. The number of carbonyl (C=O) groups excluding carboxylic acids is 2. The van der Waals surface area contributed by atoms with Gasteiger partial charge in [-0.05, 0) is 48.4 Å². The van der Waals surface area contributed by atoms with Crippen LogP contribution >= 0.6 is 11.6 Å². The number of methoxy groups -OCH3 is 1. The molecule has 0 bridgehead atoms. The fourth-order valence-corrected chi connectivity index (χ4v) is 3.73. The summed E-state index contributed by atoms with van der Waals surface area (Å²) >= 11 is 6.46. The molecule has 3 aromatic carbocycles. The van der Waals surface area contributed by atoms with Gasteiger partial charge in [-0.3, -0.25) is 9.59 Å². The average Bonchev–Trinajstić information content (AvgIpc) is 2.80. The highest BCUT2D eigenvalue weighted by molar-refractivity contribution is 6.33. The SMILES string of the molecule is COc1ccc(C(CC(=O)Nc2ccc(NC(C)c3ccccc3)c(Cl)c2)NC(C)=O)cc1. The summed E-state index contributed by atoms with van der Waals surface area (Å²) < 4.78 is 5.18. The van der Waals surface area contributed by atoms with Gasteiger partial charge < -0.3 is 20.7 Å². The van der Waals surface area contributed by atoms with E-state index in [1.807, 2.05) is 36.4 Å². The molecule has 0 aromatic heterocycles. The highest BCUT2D eigenvalue weighted by atomic mass is 35.5. The van der Waals surface area contributed by atoms with Crippen LogP contribution in [0.25, 0.3) is 0 Å². The maximum Gasteiger partial charge on any atom is 0.226 e. The van der Waals surface area contributed by atoms with Gasteiger partial charge in [0.15, 0.2) is 0 Å². The van der Waals surface area contributed by atoms with Gasteiger partial charge in [0, 0.05) is 18.7 Å². The molecule has 0 heterocycles. The molecule has 0 fully saturated rings. The number of halogens is 1. The highest BCUT2D eigenvalue weighted by Gasteiger charge is 2.18. The molecule has 172 valence electrons. The second-order valence-corrected chi connectivity index (χ2v) is 8.16. The molecule has 0 radical (unpaired) electrons. The van der Waals surface area contributed by atoms with Gasteiger partial charge in [-0.25, -0.2) is 0 Å². The van der Waals surface area contributed by atoms with Gasteiger partial charge >= 0.3 is 0 Å². The zero-order chi connectivity index (χ0) is 23.8. The van der Waals surface area contributed by atoms with Gasteiger partial charge in [-0.15, -0.1) is 0 Å². The van der Waals surface area contributed by atoms with Gasteiger partial charge in [0.05, 0.1) is 30.3 Å². The van der Waals surface area contributed by atoms with Crippen molar-refractivity contribution in [3.05, 3.63) is 88.9 Å². The number of amides is 2. The quantitative estimate of drug-likeness (QED) is 0.377. The van der Waals surface area contributed by atoms with Gasteiger partial charge in [-0.2, -0.15) is 0 Å². The Kier molecular flexibility index (Phi) is 8.33. The summed E-state index contributed by atoms with van der Waals surface area (Å²) in [7, 11) is 1.59. The standard InChI is InChI=1S/C26H28ClN3O3/c1-17(19-7-5-4-6-8-19)28-24-14-11-21(15-23(24)27)30-26(32)16-25(29-18(2)31)20-9-12-22(33-3)13-10-20/h4-15,17,25,28H,16H2,1-3H3,(H,29,31)(H,30,32). The summed E-state index contributed by atoms with van der Waals surface area (Å²) in [5.41, 5.74) is 3.32. The van der Waals surface area contributed by atoms with E-state index in [1.165, 1.54) is 6.92 Å². The Bertz CT molecular complexity index is 1090. The number of hydrogen-bond donors (Lipinski definition) is 3. The molecule has 0 aliphatic rings. The Morgan fingerprint density at radius 2 is 1.67 bits per heavy atom. The topological polar surface area (TPSA) is 79.5 Å². The van der Waals surface area contributed by atoms with Crippen LogP contribution in [0.3, 0.4) is 0 Å². The van der Waals surface area contributed by atoms with Crippen molar-refractivity contribution in [3.8, 4) is 5.75 Å². The third-order valence-corrected chi connectivity index (χ3v) is 5.52. The lowest BCUT2D eigenvalue weighted by Gasteiger charge is -2.19. The van der Waals surface area contributed by atoms with E-state index < -0.39 is 6.04 Å². The van der Waals surface area contributed by atoms with E-state index in [0.29, 0.717) is 16.5 Å². The minimum Gasteiger partial charge on any atom is -0.497 e. The minimum absolute atomic E-state index is 0.0760. The second-order valence-electron chi connectivity index (χ2n) is 7.75. The summed E-state index contributed by atoms with van der Waals surface area (Å²) in [6.07, 6.45) is 0.0779. The first-order valence-electron chi connectivity index (χ1n) is 10.7. The third kappa shape index (κ3) is 6.99. The Morgan fingerprint density at radius 3 is 2.27 bits per heavy atom. The lowest BCUT2D eigenvalue weighted by Crippen LogP contribution is -2.29. The third-order valence-electron chi connectivity index (χ3n) is 5.21. The van der Waals surface area contributed by atoms with Gasteiger partial charge in [0.1, 0.15) is 5.75 Å². The van der Waals surface area contributed by atoms with Crippen LogP contribution in [0.5, 0.6) is 5.75 Å². The van der Waals surface area contributed by atoms with Gasteiger partial charge in [0.25, 0.3) is 0 Å². The summed E-state index contributed by atoms with van der Waals surface area (Å²) in [5, 5.41) is 9.59. The normalized spacial score (nSPS) is 12.4. The van der Waals surface area contributed by atoms with Crippen LogP contribution in [0, 0.1) is 0 Å². The first-order chi connectivity index (χ1) is 15.9. The Morgan fingerprint density at radius 1 is 0.970 bits per heavy atom. The van der Waals surface area contributed by atoms with Gasteiger partial charge in [-0.1, -0.05) is 54.1 Å². The molecular weight excluding hydrogens is 438 g/mol. The van der Waals surface area contributed by atoms with Crippen molar-refractivity contribution in [3.63, 3.8) is 0 Å². The molecule has 0 aliphatic heterocycles. The van der Waals surface area contributed by atoms with Crippen molar-refractivity contribution >= 4 is 34.8 Å². The Balaban J connectivity index is 1.65. The first-order valence-corrected chi connectivity index (χ1v) is 11.1. The maximum atomic E-state index is 12.7. The molecule has 2 atom stereocenters. The summed E-state index contributed by atoms with van der Waals surface area (Å²) in [6.45, 7) is 3.49. The molecule has 6 nitrogen and oxygen atoms in total. The van der Waals surface area contributed by atoms with E-state index in [9.17, 15) is 9.59 Å². The molecule has 0 saturated carbocycles. The Hall–Kier alpha value is -3.51. The fourth-order valence-electron chi connectivity index (χ4n) is 3.50. The molecule has 0 spiro atoms. The second kappa shape index (κ2) is 11.4. The van der Waals surface area contributed by atoms with Crippen molar-refractivity contribution in [1.82, 2.24) is 5.32 Å². The van der Waals surface area contributed by atoms with Crippen molar-refractivity contribution in [2.75, 3.05) is 17.7 Å². The minimum atomic E-state index is -0.462. The molecule has 2 amide bonds. The monoisotopic (exact) mass is 465 g/mol. The summed E-state index contributed by atoms with van der Waals surface area (Å²) in [6, 6.07) is 22.3. The molecule has 33 heavy (non-hydrogen) atoms. The van der Waals surface area contributed by atoms with Gasteiger partial charge in [0.2, 0.25) is 11.8 Å². The number of anilines is 2. The van der Waals surface area contributed by atoms with Crippen molar-refractivity contribution < 1.29 is 14.3 Å². The zero-order valence-corrected chi connectivity index (χ0v) is 19.6. The predicted octanol–water partition coefficient (Wildman–Crippen LogP) is 5.73. The molecule has 3 aromatic rings. The molecule has 7 heteroatoms. The first kappa shape index (κ1) is 24.1. The fraction of sp³-hybridized carbons (Fsp3) is 0.231. The lowest BCUT2D eigenvalue weighted by atomic mass is 10.0. The van der Waals surface area contributed by atoms with Crippen LogP contribution in [0.4, 0.5) is 11.4 Å².